The van der Waals surface area contributed by atoms with Gasteiger partial charge in [0.15, 0.2) is 12.4 Å². The first-order valence-corrected chi connectivity index (χ1v) is 7.68. The van der Waals surface area contributed by atoms with E-state index in [1.165, 1.54) is 12.1 Å². The van der Waals surface area contributed by atoms with Crippen molar-refractivity contribution in [1.29, 1.82) is 0 Å². The summed E-state index contributed by atoms with van der Waals surface area (Å²) in [7, 11) is 0. The summed E-state index contributed by atoms with van der Waals surface area (Å²) in [4.78, 5) is 23.9. The molecular weight excluding hydrogens is 367 g/mol. The highest BCUT2D eigenvalue weighted by molar-refractivity contribution is 9.10. The maximum atomic E-state index is 13.2. The monoisotopic (exact) mass is 380 g/mol. The molecule has 120 valence electrons. The van der Waals surface area contributed by atoms with E-state index < -0.39 is 18.4 Å². The molecule has 0 saturated heterocycles. The van der Waals surface area contributed by atoms with Crippen LogP contribution in [0, 0.1) is 5.82 Å². The van der Waals surface area contributed by atoms with E-state index in [-0.39, 0.29) is 11.3 Å². The molecule has 0 radical (unpaired) electrons. The van der Waals surface area contributed by atoms with E-state index in [2.05, 4.69) is 15.9 Å². The first-order chi connectivity index (χ1) is 11.0. The van der Waals surface area contributed by atoms with E-state index in [1.54, 1.807) is 24.3 Å². The SMILES string of the molecule is CCOc1ccc(C(=O)COC(=O)c2cc(F)ccc2Br)cc1. The number of rotatable bonds is 6. The van der Waals surface area contributed by atoms with Crippen LogP contribution >= 0.6 is 15.9 Å². The van der Waals surface area contributed by atoms with E-state index in [9.17, 15) is 14.0 Å². The number of ether oxygens (including phenoxy) is 2. The molecule has 0 spiro atoms. The molecule has 0 aliphatic rings. The first kappa shape index (κ1) is 17.1. The Morgan fingerprint density at radius 1 is 1.13 bits per heavy atom. The van der Waals surface area contributed by atoms with Gasteiger partial charge in [0.2, 0.25) is 0 Å². The van der Waals surface area contributed by atoms with Crippen molar-refractivity contribution in [3.63, 3.8) is 0 Å². The molecule has 2 aromatic rings. The highest BCUT2D eigenvalue weighted by Gasteiger charge is 2.15. The number of Topliss-reactive ketones (excluding diaryl/α,β-unsaturated/α-hetero) is 1. The van der Waals surface area contributed by atoms with Gasteiger partial charge in [0.1, 0.15) is 11.6 Å². The molecule has 0 N–H and O–H groups in total. The Morgan fingerprint density at radius 3 is 2.48 bits per heavy atom. The van der Waals surface area contributed by atoms with Crippen molar-refractivity contribution < 1.29 is 23.5 Å². The normalized spacial score (nSPS) is 10.2. The van der Waals surface area contributed by atoms with Gasteiger partial charge in [-0.05, 0) is 65.3 Å². The number of ketones is 1. The van der Waals surface area contributed by atoms with Crippen molar-refractivity contribution in [2.45, 2.75) is 6.92 Å². The zero-order valence-electron chi connectivity index (χ0n) is 12.3. The quantitative estimate of drug-likeness (QED) is 0.560. The van der Waals surface area contributed by atoms with E-state index in [1.807, 2.05) is 6.92 Å². The topological polar surface area (TPSA) is 52.6 Å². The van der Waals surface area contributed by atoms with Gasteiger partial charge in [-0.15, -0.1) is 0 Å². The number of esters is 1. The lowest BCUT2D eigenvalue weighted by Gasteiger charge is -2.07. The van der Waals surface area contributed by atoms with Crippen LogP contribution in [0.25, 0.3) is 0 Å². The van der Waals surface area contributed by atoms with Crippen LogP contribution in [0.5, 0.6) is 5.75 Å². The Bertz CT molecular complexity index is 713. The number of carbonyl (C=O) groups excluding carboxylic acids is 2. The summed E-state index contributed by atoms with van der Waals surface area (Å²) in [6, 6.07) is 10.2. The highest BCUT2D eigenvalue weighted by Crippen LogP contribution is 2.19. The Labute approximate surface area is 141 Å². The van der Waals surface area contributed by atoms with Crippen LogP contribution in [0.1, 0.15) is 27.6 Å². The molecule has 0 unspecified atom stereocenters. The second kappa shape index (κ2) is 7.87. The molecule has 4 nitrogen and oxygen atoms in total. The maximum absolute atomic E-state index is 13.2. The zero-order chi connectivity index (χ0) is 16.8. The van der Waals surface area contributed by atoms with Gasteiger partial charge in [-0.25, -0.2) is 9.18 Å². The fraction of sp³-hybridized carbons (Fsp3) is 0.176. The van der Waals surface area contributed by atoms with Gasteiger partial charge in [-0.3, -0.25) is 4.79 Å². The van der Waals surface area contributed by atoms with Gasteiger partial charge in [-0.1, -0.05) is 0 Å². The number of carbonyl (C=O) groups is 2. The minimum Gasteiger partial charge on any atom is -0.494 e. The minimum absolute atomic E-state index is 0.0319. The summed E-state index contributed by atoms with van der Waals surface area (Å²) in [5, 5.41) is 0. The van der Waals surface area contributed by atoms with E-state index in [4.69, 9.17) is 9.47 Å². The van der Waals surface area contributed by atoms with Crippen LogP contribution in [0.15, 0.2) is 46.9 Å². The first-order valence-electron chi connectivity index (χ1n) is 6.89. The summed E-state index contributed by atoms with van der Waals surface area (Å²) in [5.74, 6) is -1.02. The molecule has 0 saturated carbocycles. The number of hydrogen-bond acceptors (Lipinski definition) is 4. The molecule has 2 rings (SSSR count). The summed E-state index contributed by atoms with van der Waals surface area (Å²) in [6.45, 7) is 1.98. The molecule has 0 fully saturated rings. The molecule has 23 heavy (non-hydrogen) atoms. The molecule has 2 aromatic carbocycles. The fourth-order valence-electron chi connectivity index (χ4n) is 1.85. The molecular formula is C17H14BrFO4. The molecule has 0 aliphatic heterocycles. The van der Waals surface area contributed by atoms with Crippen molar-refractivity contribution in [2.75, 3.05) is 13.2 Å². The van der Waals surface area contributed by atoms with Crippen molar-refractivity contribution in [2.24, 2.45) is 0 Å². The zero-order valence-corrected chi connectivity index (χ0v) is 13.9. The predicted molar refractivity (Wildman–Crippen MR) is 86.3 cm³/mol. The lowest BCUT2D eigenvalue weighted by atomic mass is 10.1. The molecule has 0 amide bonds. The van der Waals surface area contributed by atoms with E-state index >= 15 is 0 Å². The Balaban J connectivity index is 1.98. The molecule has 0 atom stereocenters. The summed E-state index contributed by atoms with van der Waals surface area (Å²) < 4.78 is 23.8. The maximum Gasteiger partial charge on any atom is 0.339 e. The van der Waals surface area contributed by atoms with Crippen molar-refractivity contribution in [1.82, 2.24) is 0 Å². The number of hydrogen-bond donors (Lipinski definition) is 0. The van der Waals surface area contributed by atoms with E-state index in [0.717, 1.165) is 6.07 Å². The predicted octanol–water partition coefficient (Wildman–Crippen LogP) is 4.03. The third-order valence-electron chi connectivity index (χ3n) is 2.97. The molecule has 0 bridgehead atoms. The Hall–Kier alpha value is -2.21. The van der Waals surface area contributed by atoms with Crippen LogP contribution in [-0.4, -0.2) is 25.0 Å². The fourth-order valence-corrected chi connectivity index (χ4v) is 2.26. The number of benzene rings is 2. The lowest BCUT2D eigenvalue weighted by molar-refractivity contribution is 0.0473. The van der Waals surface area contributed by atoms with Gasteiger partial charge >= 0.3 is 5.97 Å². The highest BCUT2D eigenvalue weighted by atomic mass is 79.9. The lowest BCUT2D eigenvalue weighted by Crippen LogP contribution is -2.14. The summed E-state index contributed by atoms with van der Waals surface area (Å²) in [6.07, 6.45) is 0. The van der Waals surface area contributed by atoms with Crippen molar-refractivity contribution in [3.8, 4) is 5.75 Å². The largest absolute Gasteiger partial charge is 0.494 e. The molecule has 0 aromatic heterocycles. The van der Waals surface area contributed by atoms with Crippen LogP contribution in [0.3, 0.4) is 0 Å². The minimum atomic E-state index is -0.768. The van der Waals surface area contributed by atoms with Gasteiger partial charge in [0.25, 0.3) is 0 Å². The second-order valence-corrected chi connectivity index (χ2v) is 5.44. The van der Waals surface area contributed by atoms with E-state index in [0.29, 0.717) is 22.4 Å². The van der Waals surface area contributed by atoms with Gasteiger partial charge in [0.05, 0.1) is 12.2 Å². The van der Waals surface area contributed by atoms with Gasteiger partial charge in [0, 0.05) is 10.0 Å². The van der Waals surface area contributed by atoms with Gasteiger partial charge < -0.3 is 9.47 Å². The van der Waals surface area contributed by atoms with Crippen LogP contribution in [0.4, 0.5) is 4.39 Å². The van der Waals surface area contributed by atoms with Crippen molar-refractivity contribution >= 4 is 27.7 Å². The summed E-state index contributed by atoms with van der Waals surface area (Å²) in [5.41, 5.74) is 0.434. The third-order valence-corrected chi connectivity index (χ3v) is 3.66. The Morgan fingerprint density at radius 2 is 1.83 bits per heavy atom. The summed E-state index contributed by atoms with van der Waals surface area (Å²) >= 11 is 3.14. The average Bonchev–Trinajstić information content (AvgIpc) is 2.55. The third kappa shape index (κ3) is 4.63. The van der Waals surface area contributed by atoms with Crippen LogP contribution < -0.4 is 4.74 Å². The smallest absolute Gasteiger partial charge is 0.339 e. The van der Waals surface area contributed by atoms with Gasteiger partial charge in [-0.2, -0.15) is 0 Å². The average molecular weight is 381 g/mol. The van der Waals surface area contributed by atoms with Crippen LogP contribution in [-0.2, 0) is 4.74 Å². The second-order valence-electron chi connectivity index (χ2n) is 4.58. The molecule has 6 heteroatoms. The standard InChI is InChI=1S/C17H14BrFO4/c1-2-22-13-6-3-11(4-7-13)16(20)10-23-17(21)14-9-12(19)5-8-15(14)18/h3-9H,2,10H2,1H3. The van der Waals surface area contributed by atoms with Crippen molar-refractivity contribution in [3.05, 3.63) is 63.9 Å². The molecule has 0 heterocycles. The Kier molecular flexibility index (Phi) is 5.87. The van der Waals surface area contributed by atoms with Crippen LogP contribution in [0.2, 0.25) is 0 Å². The molecule has 0 aliphatic carbocycles. The number of halogens is 2.